The Bertz CT molecular complexity index is 707. The molecule has 0 unspecified atom stereocenters. The van der Waals surface area contributed by atoms with E-state index in [2.05, 4.69) is 18.2 Å². The summed E-state index contributed by atoms with van der Waals surface area (Å²) in [5.41, 5.74) is -0.451. The number of rotatable bonds is 2. The Hall–Kier alpha value is -2.23. The molecule has 128 valence electrons. The van der Waals surface area contributed by atoms with Gasteiger partial charge in [0.25, 0.3) is 0 Å². The fraction of sp³-hybridized carbons (Fsp3) is 0.450. The maximum absolute atomic E-state index is 12.1. The lowest BCUT2D eigenvalue weighted by Crippen LogP contribution is -2.44. The van der Waals surface area contributed by atoms with Gasteiger partial charge in [0.15, 0.2) is 0 Å². The van der Waals surface area contributed by atoms with E-state index in [4.69, 9.17) is 9.47 Å². The molecule has 0 radical (unpaired) electrons. The molecule has 0 atom stereocenters. The predicted octanol–water partition coefficient (Wildman–Crippen LogP) is 4.62. The van der Waals surface area contributed by atoms with Crippen LogP contribution in [-0.4, -0.2) is 35.8 Å². The van der Waals surface area contributed by atoms with Gasteiger partial charge in [0.1, 0.15) is 17.5 Å². The van der Waals surface area contributed by atoms with E-state index in [1.54, 1.807) is 4.90 Å². The minimum Gasteiger partial charge on any atom is -0.490 e. The van der Waals surface area contributed by atoms with Crippen LogP contribution in [0.2, 0.25) is 0 Å². The Morgan fingerprint density at radius 2 is 1.71 bits per heavy atom. The molecule has 0 spiro atoms. The third-order valence-electron chi connectivity index (χ3n) is 4.14. The highest BCUT2D eigenvalue weighted by Crippen LogP contribution is 2.28. The molecule has 0 N–H and O–H groups in total. The highest BCUT2D eigenvalue weighted by molar-refractivity contribution is 5.88. The van der Waals surface area contributed by atoms with Gasteiger partial charge >= 0.3 is 6.09 Å². The zero-order valence-electron chi connectivity index (χ0n) is 14.6. The quantitative estimate of drug-likeness (QED) is 0.808. The molecule has 1 heterocycles. The van der Waals surface area contributed by atoms with Crippen molar-refractivity contribution in [1.29, 1.82) is 0 Å². The van der Waals surface area contributed by atoms with Crippen LogP contribution in [0.4, 0.5) is 4.79 Å². The minimum atomic E-state index is -0.451. The number of hydrogen-bond donors (Lipinski definition) is 0. The van der Waals surface area contributed by atoms with E-state index in [1.165, 1.54) is 5.39 Å². The Morgan fingerprint density at radius 3 is 2.42 bits per heavy atom. The largest absolute Gasteiger partial charge is 0.490 e. The Labute approximate surface area is 143 Å². The minimum absolute atomic E-state index is 0.134. The van der Waals surface area contributed by atoms with Crippen molar-refractivity contribution in [2.24, 2.45) is 0 Å². The zero-order valence-corrected chi connectivity index (χ0v) is 14.6. The molecule has 1 aliphatic rings. The van der Waals surface area contributed by atoms with Crippen LogP contribution in [0, 0.1) is 0 Å². The highest BCUT2D eigenvalue weighted by atomic mass is 16.6. The number of benzene rings is 2. The van der Waals surface area contributed by atoms with E-state index in [0.29, 0.717) is 13.1 Å². The summed E-state index contributed by atoms with van der Waals surface area (Å²) in [4.78, 5) is 13.9. The lowest BCUT2D eigenvalue weighted by molar-refractivity contribution is 0.0128. The fourth-order valence-electron chi connectivity index (χ4n) is 2.96. The van der Waals surface area contributed by atoms with Crippen molar-refractivity contribution in [3.63, 3.8) is 0 Å². The van der Waals surface area contributed by atoms with Crippen molar-refractivity contribution in [3.05, 3.63) is 42.5 Å². The number of amides is 1. The van der Waals surface area contributed by atoms with E-state index in [9.17, 15) is 4.79 Å². The van der Waals surface area contributed by atoms with Crippen LogP contribution in [0.3, 0.4) is 0 Å². The molecule has 1 amide bonds. The molecule has 0 saturated carbocycles. The molecular formula is C20H25NO3. The summed E-state index contributed by atoms with van der Waals surface area (Å²) in [6.07, 6.45) is 1.55. The average molecular weight is 327 g/mol. The topological polar surface area (TPSA) is 38.8 Å². The predicted molar refractivity (Wildman–Crippen MR) is 95.4 cm³/mol. The molecule has 2 aromatic rings. The van der Waals surface area contributed by atoms with Gasteiger partial charge in [0.05, 0.1) is 0 Å². The Kier molecular flexibility index (Phi) is 4.65. The van der Waals surface area contributed by atoms with Crippen molar-refractivity contribution in [2.45, 2.75) is 45.3 Å². The molecule has 0 bridgehead atoms. The average Bonchev–Trinajstić information content (AvgIpc) is 2.54. The van der Waals surface area contributed by atoms with Gasteiger partial charge in [-0.3, -0.25) is 0 Å². The first-order valence-electron chi connectivity index (χ1n) is 8.55. The van der Waals surface area contributed by atoms with Crippen LogP contribution in [0.5, 0.6) is 5.75 Å². The molecule has 1 saturated heterocycles. The smallest absolute Gasteiger partial charge is 0.410 e. The molecule has 0 aliphatic carbocycles. The van der Waals surface area contributed by atoms with Gasteiger partial charge in [-0.05, 0) is 32.2 Å². The first-order chi connectivity index (χ1) is 11.4. The summed E-state index contributed by atoms with van der Waals surface area (Å²) < 4.78 is 11.7. The number of carbonyl (C=O) groups excluding carboxylic acids is 1. The fourth-order valence-corrected chi connectivity index (χ4v) is 2.96. The number of ether oxygens (including phenoxy) is 2. The molecule has 1 fully saturated rings. The van der Waals surface area contributed by atoms with Gasteiger partial charge in [-0.1, -0.05) is 36.4 Å². The lowest BCUT2D eigenvalue weighted by Gasteiger charge is -2.33. The molecule has 0 aromatic heterocycles. The Morgan fingerprint density at radius 1 is 1.04 bits per heavy atom. The monoisotopic (exact) mass is 327 g/mol. The normalized spacial score (nSPS) is 16.2. The van der Waals surface area contributed by atoms with Gasteiger partial charge in [-0.25, -0.2) is 4.79 Å². The summed E-state index contributed by atoms with van der Waals surface area (Å²) in [5.74, 6) is 0.920. The van der Waals surface area contributed by atoms with Crippen LogP contribution in [0.15, 0.2) is 42.5 Å². The number of fused-ring (bicyclic) bond motifs is 1. The second-order valence-electron chi connectivity index (χ2n) is 7.26. The van der Waals surface area contributed by atoms with Gasteiger partial charge in [-0.15, -0.1) is 0 Å². The summed E-state index contributed by atoms with van der Waals surface area (Å²) in [5, 5.41) is 2.32. The van der Waals surface area contributed by atoms with Crippen molar-refractivity contribution in [2.75, 3.05) is 13.1 Å². The summed E-state index contributed by atoms with van der Waals surface area (Å²) in [6, 6.07) is 14.4. The van der Waals surface area contributed by atoms with Gasteiger partial charge in [0, 0.05) is 31.3 Å². The summed E-state index contributed by atoms with van der Waals surface area (Å²) in [7, 11) is 0. The maximum atomic E-state index is 12.1. The standard InChI is InChI=1S/C20H25NO3/c1-20(2,3)24-19(22)21-13-11-16(12-14-21)23-18-10-6-8-15-7-4-5-9-17(15)18/h4-10,16H,11-14H2,1-3H3. The number of piperidine rings is 1. The van der Waals surface area contributed by atoms with Crippen molar-refractivity contribution < 1.29 is 14.3 Å². The third kappa shape index (κ3) is 3.99. The third-order valence-corrected chi connectivity index (χ3v) is 4.14. The van der Waals surface area contributed by atoms with Gasteiger partial charge in [0.2, 0.25) is 0 Å². The highest BCUT2D eigenvalue weighted by Gasteiger charge is 2.27. The number of hydrogen-bond acceptors (Lipinski definition) is 3. The van der Waals surface area contributed by atoms with Crippen LogP contribution >= 0.6 is 0 Å². The number of nitrogens with zero attached hydrogens (tertiary/aromatic N) is 1. The van der Waals surface area contributed by atoms with Crippen molar-refractivity contribution in [1.82, 2.24) is 4.90 Å². The number of carbonyl (C=O) groups is 1. The van der Waals surface area contributed by atoms with E-state index < -0.39 is 5.60 Å². The first-order valence-corrected chi connectivity index (χ1v) is 8.55. The van der Waals surface area contributed by atoms with Gasteiger partial charge in [-0.2, -0.15) is 0 Å². The van der Waals surface area contributed by atoms with Crippen molar-refractivity contribution >= 4 is 16.9 Å². The second-order valence-corrected chi connectivity index (χ2v) is 7.26. The molecule has 1 aliphatic heterocycles. The van der Waals surface area contributed by atoms with E-state index >= 15 is 0 Å². The van der Waals surface area contributed by atoms with E-state index in [0.717, 1.165) is 24.0 Å². The summed E-state index contributed by atoms with van der Waals surface area (Å²) in [6.45, 7) is 7.01. The maximum Gasteiger partial charge on any atom is 0.410 e. The summed E-state index contributed by atoms with van der Waals surface area (Å²) >= 11 is 0. The number of likely N-dealkylation sites (tertiary alicyclic amines) is 1. The Balaban J connectivity index is 1.60. The van der Waals surface area contributed by atoms with Crippen LogP contribution in [0.1, 0.15) is 33.6 Å². The molecule has 3 rings (SSSR count). The van der Waals surface area contributed by atoms with E-state index in [1.807, 2.05) is 45.0 Å². The second kappa shape index (κ2) is 6.71. The molecule has 24 heavy (non-hydrogen) atoms. The SMILES string of the molecule is CC(C)(C)OC(=O)N1CCC(Oc2cccc3ccccc23)CC1. The lowest BCUT2D eigenvalue weighted by atomic mass is 10.1. The van der Waals surface area contributed by atoms with Gasteiger partial charge < -0.3 is 14.4 Å². The van der Waals surface area contributed by atoms with Crippen molar-refractivity contribution in [3.8, 4) is 5.75 Å². The van der Waals surface area contributed by atoms with Crippen LogP contribution in [0.25, 0.3) is 10.8 Å². The van der Waals surface area contributed by atoms with Crippen LogP contribution < -0.4 is 4.74 Å². The molecule has 2 aromatic carbocycles. The first kappa shape index (κ1) is 16.6. The molecular weight excluding hydrogens is 302 g/mol. The van der Waals surface area contributed by atoms with E-state index in [-0.39, 0.29) is 12.2 Å². The molecule has 4 nitrogen and oxygen atoms in total. The van der Waals surface area contributed by atoms with Crippen LogP contribution in [-0.2, 0) is 4.74 Å². The molecule has 4 heteroatoms. The zero-order chi connectivity index (χ0) is 17.2.